The number of hydrogen-bond donors (Lipinski definition) is 0. The number of pyridine rings is 1. The van der Waals surface area contributed by atoms with Gasteiger partial charge in [-0.15, -0.1) is 0 Å². The van der Waals surface area contributed by atoms with Gasteiger partial charge in [-0.1, -0.05) is 11.6 Å². The molecule has 1 saturated carbocycles. The minimum Gasteiger partial charge on any atom is -0.338 e. The maximum atomic E-state index is 12.8. The van der Waals surface area contributed by atoms with E-state index in [4.69, 9.17) is 11.6 Å². The molecule has 0 N–H and O–H groups in total. The predicted octanol–water partition coefficient (Wildman–Crippen LogP) is 2.18. The monoisotopic (exact) mass is 386 g/mol. The molecule has 2 bridgehead atoms. The van der Waals surface area contributed by atoms with Crippen LogP contribution in [0.25, 0.3) is 5.65 Å². The van der Waals surface area contributed by atoms with Crippen LogP contribution in [-0.2, 0) is 11.3 Å². The molecule has 0 unspecified atom stereocenters. The Morgan fingerprint density at radius 3 is 2.78 bits per heavy atom. The molecule has 0 radical (unpaired) electrons. The normalized spacial score (nSPS) is 26.0. The second kappa shape index (κ2) is 6.60. The Hall–Kier alpha value is -1.92. The zero-order valence-corrected chi connectivity index (χ0v) is 15.9. The van der Waals surface area contributed by atoms with Gasteiger partial charge in [0.1, 0.15) is 5.65 Å². The van der Waals surface area contributed by atoms with Crippen molar-refractivity contribution in [1.82, 2.24) is 19.2 Å². The quantitative estimate of drug-likeness (QED) is 0.808. The van der Waals surface area contributed by atoms with E-state index in [1.807, 2.05) is 0 Å². The summed E-state index contributed by atoms with van der Waals surface area (Å²) in [5.74, 6) is 1.14. The van der Waals surface area contributed by atoms with Crippen molar-refractivity contribution >= 4 is 23.2 Å². The fraction of sp³-hybridized carbons (Fsp3) is 0.550. The van der Waals surface area contributed by atoms with Crippen LogP contribution in [0.4, 0.5) is 0 Å². The summed E-state index contributed by atoms with van der Waals surface area (Å²) in [6, 6.07) is 5.39. The SMILES string of the molecule is O=C1[C@@H]2CC[C@@H](CN(Cc3cc(=O)n4cc(Cl)ccc4n3)C2)N1CC1CC1. The smallest absolute Gasteiger partial charge is 0.258 e. The third-order valence-corrected chi connectivity index (χ3v) is 6.31. The number of halogens is 1. The molecular formula is C20H23ClN4O2. The number of fused-ring (bicyclic) bond motifs is 5. The van der Waals surface area contributed by atoms with Crippen LogP contribution in [0.3, 0.4) is 0 Å². The maximum Gasteiger partial charge on any atom is 0.258 e. The molecule has 3 saturated heterocycles. The standard InChI is InChI=1S/C20H23ClN4O2/c21-15-4-6-18-22-16(7-19(26)25(18)10-15)11-23-9-14-3-5-17(12-23)24(20(14)27)8-13-1-2-13/h4,6-7,10,13-14,17H,1-3,5,8-9,11-12H2/t14-,17+/m1/s1. The molecule has 27 heavy (non-hydrogen) atoms. The fourth-order valence-electron chi connectivity index (χ4n) is 4.51. The van der Waals surface area contributed by atoms with Crippen LogP contribution in [0, 0.1) is 11.8 Å². The van der Waals surface area contributed by atoms with E-state index in [0.717, 1.165) is 44.1 Å². The summed E-state index contributed by atoms with van der Waals surface area (Å²) < 4.78 is 1.47. The molecule has 4 aliphatic rings. The highest BCUT2D eigenvalue weighted by Gasteiger charge is 2.42. The highest BCUT2D eigenvalue weighted by Crippen LogP contribution is 2.35. The van der Waals surface area contributed by atoms with Crippen LogP contribution in [0.1, 0.15) is 31.4 Å². The number of rotatable bonds is 4. The van der Waals surface area contributed by atoms with E-state index in [1.165, 1.54) is 17.2 Å². The van der Waals surface area contributed by atoms with E-state index in [1.54, 1.807) is 24.4 Å². The molecule has 6 nitrogen and oxygen atoms in total. The van der Waals surface area contributed by atoms with E-state index in [2.05, 4.69) is 14.8 Å². The van der Waals surface area contributed by atoms with Crippen molar-refractivity contribution in [3.05, 3.63) is 45.5 Å². The average Bonchev–Trinajstić information content (AvgIpc) is 3.47. The third kappa shape index (κ3) is 3.36. The maximum absolute atomic E-state index is 12.8. The minimum atomic E-state index is -0.123. The first-order valence-electron chi connectivity index (χ1n) is 9.77. The number of aromatic nitrogens is 2. The Balaban J connectivity index is 1.38. The first-order valence-corrected chi connectivity index (χ1v) is 10.2. The molecule has 6 rings (SSSR count). The highest BCUT2D eigenvalue weighted by molar-refractivity contribution is 6.30. The van der Waals surface area contributed by atoms with Crippen LogP contribution in [0.5, 0.6) is 0 Å². The van der Waals surface area contributed by atoms with E-state index >= 15 is 0 Å². The molecule has 2 aromatic rings. The lowest BCUT2D eigenvalue weighted by Crippen LogP contribution is -2.48. The van der Waals surface area contributed by atoms with Gasteiger partial charge < -0.3 is 4.90 Å². The number of nitrogens with zero attached hydrogens (tertiary/aromatic N) is 4. The second-order valence-electron chi connectivity index (χ2n) is 8.22. The summed E-state index contributed by atoms with van der Waals surface area (Å²) in [6.07, 6.45) is 6.19. The summed E-state index contributed by atoms with van der Waals surface area (Å²) in [5.41, 5.74) is 1.23. The fourth-order valence-corrected chi connectivity index (χ4v) is 4.67. The molecule has 1 aliphatic carbocycles. The van der Waals surface area contributed by atoms with Crippen LogP contribution in [0.2, 0.25) is 5.02 Å². The second-order valence-corrected chi connectivity index (χ2v) is 8.65. The van der Waals surface area contributed by atoms with Crippen molar-refractivity contribution in [3.63, 3.8) is 0 Å². The van der Waals surface area contributed by atoms with Crippen molar-refractivity contribution in [1.29, 1.82) is 0 Å². The van der Waals surface area contributed by atoms with Crippen LogP contribution >= 0.6 is 11.6 Å². The first-order chi connectivity index (χ1) is 13.1. The van der Waals surface area contributed by atoms with Crippen molar-refractivity contribution < 1.29 is 4.79 Å². The molecule has 4 fully saturated rings. The van der Waals surface area contributed by atoms with Gasteiger partial charge in [-0.2, -0.15) is 0 Å². The zero-order valence-electron chi connectivity index (χ0n) is 15.2. The predicted molar refractivity (Wildman–Crippen MR) is 103 cm³/mol. The summed E-state index contributed by atoms with van der Waals surface area (Å²) in [7, 11) is 0. The third-order valence-electron chi connectivity index (χ3n) is 6.08. The average molecular weight is 387 g/mol. The van der Waals surface area contributed by atoms with Crippen LogP contribution < -0.4 is 5.56 Å². The van der Waals surface area contributed by atoms with Gasteiger partial charge in [0, 0.05) is 44.5 Å². The van der Waals surface area contributed by atoms with E-state index in [-0.39, 0.29) is 11.5 Å². The molecule has 142 valence electrons. The van der Waals surface area contributed by atoms with E-state index in [9.17, 15) is 9.59 Å². The highest BCUT2D eigenvalue weighted by atomic mass is 35.5. The van der Waals surface area contributed by atoms with Gasteiger partial charge in [0.25, 0.3) is 5.56 Å². The van der Waals surface area contributed by atoms with Crippen molar-refractivity contribution in [3.8, 4) is 0 Å². The van der Waals surface area contributed by atoms with E-state index < -0.39 is 0 Å². The first kappa shape index (κ1) is 17.2. The molecular weight excluding hydrogens is 364 g/mol. The minimum absolute atomic E-state index is 0.0860. The molecule has 2 atom stereocenters. The Morgan fingerprint density at radius 2 is 1.96 bits per heavy atom. The molecule has 1 amide bonds. The largest absolute Gasteiger partial charge is 0.338 e. The Kier molecular flexibility index (Phi) is 4.20. The summed E-state index contributed by atoms with van der Waals surface area (Å²) in [6.45, 7) is 3.17. The lowest BCUT2D eigenvalue weighted by Gasteiger charge is -2.36. The van der Waals surface area contributed by atoms with Gasteiger partial charge in [0.2, 0.25) is 5.91 Å². The summed E-state index contributed by atoms with van der Waals surface area (Å²) in [5, 5.41) is 0.512. The summed E-state index contributed by atoms with van der Waals surface area (Å²) >= 11 is 5.98. The van der Waals surface area contributed by atoms with Crippen LogP contribution in [-0.4, -0.2) is 50.8 Å². The number of carbonyl (C=O) groups excluding carboxylic acids is 1. The molecule has 0 spiro atoms. The molecule has 0 aromatic carbocycles. The molecule has 7 heteroatoms. The Labute approximate surface area is 162 Å². The van der Waals surface area contributed by atoms with Crippen LogP contribution in [0.15, 0.2) is 29.2 Å². The van der Waals surface area contributed by atoms with Gasteiger partial charge in [0.15, 0.2) is 0 Å². The number of piperidine rings is 1. The van der Waals surface area contributed by atoms with Gasteiger partial charge in [-0.3, -0.25) is 18.9 Å². The van der Waals surface area contributed by atoms with Gasteiger partial charge >= 0.3 is 0 Å². The number of amides is 1. The number of hydrogen-bond acceptors (Lipinski definition) is 4. The lowest BCUT2D eigenvalue weighted by molar-refractivity contribution is -0.140. The Morgan fingerprint density at radius 1 is 1.11 bits per heavy atom. The molecule has 3 aliphatic heterocycles. The van der Waals surface area contributed by atoms with Gasteiger partial charge in [-0.25, -0.2) is 4.98 Å². The van der Waals surface area contributed by atoms with Crippen molar-refractivity contribution in [2.24, 2.45) is 11.8 Å². The van der Waals surface area contributed by atoms with Gasteiger partial charge in [-0.05, 0) is 43.7 Å². The number of carbonyl (C=O) groups is 1. The topological polar surface area (TPSA) is 57.9 Å². The van der Waals surface area contributed by atoms with E-state index in [0.29, 0.717) is 29.2 Å². The Bertz CT molecular complexity index is 955. The zero-order chi connectivity index (χ0) is 18.5. The van der Waals surface area contributed by atoms with Crippen molar-refractivity contribution in [2.45, 2.75) is 38.3 Å². The van der Waals surface area contributed by atoms with Crippen molar-refractivity contribution in [2.75, 3.05) is 19.6 Å². The van der Waals surface area contributed by atoms with Gasteiger partial charge in [0.05, 0.1) is 16.6 Å². The molecule has 5 heterocycles. The molecule has 2 aromatic heterocycles. The lowest BCUT2D eigenvalue weighted by atomic mass is 9.94. The summed E-state index contributed by atoms with van der Waals surface area (Å²) in [4.78, 5) is 34.4.